The summed E-state index contributed by atoms with van der Waals surface area (Å²) in [6.45, 7) is 0. The highest BCUT2D eigenvalue weighted by Crippen LogP contribution is 2.13. The van der Waals surface area contributed by atoms with Crippen molar-refractivity contribution in [2.45, 2.75) is 23.4 Å². The number of hydrogen-bond donors (Lipinski definition) is 3. The third kappa shape index (κ3) is 2.91. The SMILES string of the molecule is O=C(O)C1CC(NS(=O)(=O)c2ccccc2)C(=O)N1. The van der Waals surface area contributed by atoms with Crippen LogP contribution in [0.25, 0.3) is 0 Å². The van der Waals surface area contributed by atoms with Crippen LogP contribution in [0.3, 0.4) is 0 Å². The molecular formula is C11H12N2O5S. The summed E-state index contributed by atoms with van der Waals surface area (Å²) in [5, 5.41) is 11.0. The van der Waals surface area contributed by atoms with E-state index in [1.807, 2.05) is 0 Å². The van der Waals surface area contributed by atoms with Crippen molar-refractivity contribution in [3.05, 3.63) is 30.3 Å². The Morgan fingerprint density at radius 2 is 1.95 bits per heavy atom. The number of amides is 1. The number of aliphatic carboxylic acids is 1. The normalized spacial score (nSPS) is 23.1. The van der Waals surface area contributed by atoms with Gasteiger partial charge in [-0.3, -0.25) is 4.79 Å². The average molecular weight is 284 g/mol. The Kier molecular flexibility index (Phi) is 3.54. The van der Waals surface area contributed by atoms with Crippen molar-refractivity contribution in [2.75, 3.05) is 0 Å². The first-order chi connectivity index (χ1) is 8.90. The number of sulfonamides is 1. The molecule has 3 N–H and O–H groups in total. The van der Waals surface area contributed by atoms with Crippen molar-refractivity contribution in [2.24, 2.45) is 0 Å². The lowest BCUT2D eigenvalue weighted by Gasteiger charge is -2.10. The van der Waals surface area contributed by atoms with Gasteiger partial charge in [-0.2, -0.15) is 4.72 Å². The first kappa shape index (κ1) is 13.5. The van der Waals surface area contributed by atoms with Gasteiger partial charge in [0.2, 0.25) is 15.9 Å². The zero-order valence-corrected chi connectivity index (χ0v) is 10.6. The summed E-state index contributed by atoms with van der Waals surface area (Å²) in [4.78, 5) is 22.3. The lowest BCUT2D eigenvalue weighted by Crippen LogP contribution is -2.40. The van der Waals surface area contributed by atoms with Gasteiger partial charge < -0.3 is 10.4 Å². The molecule has 0 spiro atoms. The molecule has 2 rings (SSSR count). The number of carboxylic acids is 1. The van der Waals surface area contributed by atoms with Crippen molar-refractivity contribution in [3.63, 3.8) is 0 Å². The van der Waals surface area contributed by atoms with Crippen molar-refractivity contribution >= 4 is 21.9 Å². The second-order valence-corrected chi connectivity index (χ2v) is 5.84. The zero-order chi connectivity index (χ0) is 14.0. The van der Waals surface area contributed by atoms with E-state index in [2.05, 4.69) is 10.0 Å². The van der Waals surface area contributed by atoms with Gasteiger partial charge in [-0.15, -0.1) is 0 Å². The minimum atomic E-state index is -3.83. The molecular weight excluding hydrogens is 272 g/mol. The van der Waals surface area contributed by atoms with Gasteiger partial charge in [0.25, 0.3) is 0 Å². The fourth-order valence-corrected chi connectivity index (χ4v) is 3.02. The molecule has 1 saturated heterocycles. The van der Waals surface area contributed by atoms with E-state index in [0.717, 1.165) is 0 Å². The third-order valence-electron chi connectivity index (χ3n) is 2.75. The summed E-state index contributed by atoms with van der Waals surface area (Å²) in [5.74, 6) is -1.82. The monoisotopic (exact) mass is 284 g/mol. The standard InChI is InChI=1S/C11H12N2O5S/c14-10-8(6-9(12-10)11(15)16)13-19(17,18)7-4-2-1-3-5-7/h1-5,8-9,13H,6H2,(H,12,14)(H,15,16). The van der Waals surface area contributed by atoms with Crippen LogP contribution in [0.15, 0.2) is 35.2 Å². The summed E-state index contributed by atoms with van der Waals surface area (Å²) in [7, 11) is -3.83. The van der Waals surface area contributed by atoms with Crippen LogP contribution < -0.4 is 10.0 Å². The third-order valence-corrected chi connectivity index (χ3v) is 4.24. The quantitative estimate of drug-likeness (QED) is 0.677. The molecule has 1 fully saturated rings. The lowest BCUT2D eigenvalue weighted by molar-refractivity contribution is -0.140. The zero-order valence-electron chi connectivity index (χ0n) is 9.74. The number of benzene rings is 1. The van der Waals surface area contributed by atoms with E-state index in [4.69, 9.17) is 5.11 Å². The van der Waals surface area contributed by atoms with Crippen molar-refractivity contribution < 1.29 is 23.1 Å². The van der Waals surface area contributed by atoms with E-state index >= 15 is 0 Å². The molecule has 0 saturated carbocycles. The molecule has 2 atom stereocenters. The van der Waals surface area contributed by atoms with E-state index in [9.17, 15) is 18.0 Å². The Labute approximate surface area is 109 Å². The molecule has 1 aromatic rings. The Hall–Kier alpha value is -1.93. The molecule has 1 heterocycles. The Morgan fingerprint density at radius 1 is 1.32 bits per heavy atom. The molecule has 7 nitrogen and oxygen atoms in total. The fraction of sp³-hybridized carbons (Fsp3) is 0.273. The van der Waals surface area contributed by atoms with Gasteiger partial charge in [0.15, 0.2) is 0 Å². The molecule has 0 bridgehead atoms. The molecule has 0 radical (unpaired) electrons. The molecule has 19 heavy (non-hydrogen) atoms. The molecule has 0 aromatic heterocycles. The summed E-state index contributed by atoms with van der Waals surface area (Å²) < 4.78 is 26.1. The van der Waals surface area contributed by atoms with Crippen LogP contribution in [-0.4, -0.2) is 37.5 Å². The van der Waals surface area contributed by atoms with Crippen LogP contribution in [0, 0.1) is 0 Å². The summed E-state index contributed by atoms with van der Waals surface area (Å²) in [6, 6.07) is 5.45. The Bertz CT molecular complexity index is 599. The Morgan fingerprint density at radius 3 is 2.47 bits per heavy atom. The van der Waals surface area contributed by atoms with E-state index in [0.29, 0.717) is 0 Å². The van der Waals surface area contributed by atoms with E-state index in [-0.39, 0.29) is 11.3 Å². The van der Waals surface area contributed by atoms with Crippen LogP contribution >= 0.6 is 0 Å². The maximum Gasteiger partial charge on any atom is 0.326 e. The second-order valence-electron chi connectivity index (χ2n) is 4.12. The predicted octanol–water partition coefficient (Wildman–Crippen LogP) is -0.693. The van der Waals surface area contributed by atoms with Crippen LogP contribution in [0.2, 0.25) is 0 Å². The first-order valence-electron chi connectivity index (χ1n) is 5.51. The van der Waals surface area contributed by atoms with Crippen LogP contribution in [0.4, 0.5) is 0 Å². The largest absolute Gasteiger partial charge is 0.480 e. The van der Waals surface area contributed by atoms with Crippen LogP contribution in [0.1, 0.15) is 6.42 Å². The minimum absolute atomic E-state index is 0.0292. The molecule has 1 aliphatic rings. The van der Waals surface area contributed by atoms with Crippen LogP contribution in [-0.2, 0) is 19.6 Å². The first-order valence-corrected chi connectivity index (χ1v) is 6.99. The van der Waals surface area contributed by atoms with Gasteiger partial charge in [0.05, 0.1) is 4.90 Å². The number of carboxylic acid groups (broad SMARTS) is 1. The van der Waals surface area contributed by atoms with Gasteiger partial charge in [-0.1, -0.05) is 18.2 Å². The molecule has 2 unspecified atom stereocenters. The highest BCUT2D eigenvalue weighted by molar-refractivity contribution is 7.89. The van der Waals surface area contributed by atoms with E-state index < -0.39 is 34.0 Å². The molecule has 1 aromatic carbocycles. The minimum Gasteiger partial charge on any atom is -0.480 e. The number of carbonyl (C=O) groups is 2. The average Bonchev–Trinajstić information content (AvgIpc) is 2.72. The van der Waals surface area contributed by atoms with Crippen molar-refractivity contribution in [1.29, 1.82) is 0 Å². The van der Waals surface area contributed by atoms with Crippen molar-refractivity contribution in [1.82, 2.24) is 10.0 Å². The number of hydrogen-bond acceptors (Lipinski definition) is 4. The van der Waals surface area contributed by atoms with E-state index in [1.54, 1.807) is 18.2 Å². The summed E-state index contributed by atoms with van der Waals surface area (Å²) in [5.41, 5.74) is 0. The molecule has 1 amide bonds. The molecule has 8 heteroatoms. The van der Waals surface area contributed by atoms with Crippen LogP contribution in [0.5, 0.6) is 0 Å². The number of carbonyl (C=O) groups excluding carboxylic acids is 1. The Balaban J connectivity index is 2.14. The van der Waals surface area contributed by atoms with Gasteiger partial charge in [0.1, 0.15) is 12.1 Å². The summed E-state index contributed by atoms with van der Waals surface area (Å²) >= 11 is 0. The lowest BCUT2D eigenvalue weighted by atomic mass is 10.2. The summed E-state index contributed by atoms with van der Waals surface area (Å²) in [6.07, 6.45) is -0.111. The second kappa shape index (κ2) is 4.98. The maximum atomic E-state index is 12.0. The van der Waals surface area contributed by atoms with Gasteiger partial charge in [-0.25, -0.2) is 13.2 Å². The molecule has 0 aliphatic carbocycles. The van der Waals surface area contributed by atoms with Gasteiger partial charge in [0, 0.05) is 6.42 Å². The smallest absolute Gasteiger partial charge is 0.326 e. The highest BCUT2D eigenvalue weighted by atomic mass is 32.2. The molecule has 1 aliphatic heterocycles. The fourth-order valence-electron chi connectivity index (χ4n) is 1.79. The topological polar surface area (TPSA) is 113 Å². The van der Waals surface area contributed by atoms with E-state index in [1.165, 1.54) is 12.1 Å². The van der Waals surface area contributed by atoms with Crippen molar-refractivity contribution in [3.8, 4) is 0 Å². The predicted molar refractivity (Wildman–Crippen MR) is 64.7 cm³/mol. The maximum absolute atomic E-state index is 12.0. The van der Waals surface area contributed by atoms with Gasteiger partial charge in [-0.05, 0) is 12.1 Å². The highest BCUT2D eigenvalue weighted by Gasteiger charge is 2.38. The number of nitrogens with one attached hydrogen (secondary N) is 2. The van der Waals surface area contributed by atoms with Gasteiger partial charge >= 0.3 is 5.97 Å². The number of rotatable bonds is 4. The molecule has 102 valence electrons.